The minimum atomic E-state index is -0.897. The molecule has 0 saturated carbocycles. The van der Waals surface area contributed by atoms with Gasteiger partial charge in [-0.2, -0.15) is 11.8 Å². The highest BCUT2D eigenvalue weighted by molar-refractivity contribution is 7.99. The standard InChI is InChI=1S/C11H22N2O3S/c1-4-9(6-10(14)15)13-11(16)12-8(3)7-17-5-2/h8-9H,4-7H2,1-3H3,(H,14,15)(H2,12,13,16). The number of hydrogen-bond donors (Lipinski definition) is 3. The molecule has 0 radical (unpaired) electrons. The molecule has 5 nitrogen and oxygen atoms in total. The maximum atomic E-state index is 11.5. The van der Waals surface area contributed by atoms with Crippen molar-refractivity contribution in [2.24, 2.45) is 0 Å². The molecule has 0 aromatic carbocycles. The van der Waals surface area contributed by atoms with Crippen molar-refractivity contribution in [2.45, 2.75) is 45.7 Å². The molecule has 0 aromatic rings. The first-order valence-corrected chi connectivity index (χ1v) is 7.01. The summed E-state index contributed by atoms with van der Waals surface area (Å²) in [6.07, 6.45) is 0.569. The topological polar surface area (TPSA) is 78.4 Å². The number of carbonyl (C=O) groups is 2. The van der Waals surface area contributed by atoms with E-state index in [-0.39, 0.29) is 24.5 Å². The van der Waals surface area contributed by atoms with Gasteiger partial charge >= 0.3 is 12.0 Å². The molecule has 0 fully saturated rings. The Morgan fingerprint density at radius 2 is 1.94 bits per heavy atom. The lowest BCUT2D eigenvalue weighted by Gasteiger charge is -2.18. The van der Waals surface area contributed by atoms with E-state index in [4.69, 9.17) is 5.11 Å². The number of nitrogens with one attached hydrogen (secondary N) is 2. The fourth-order valence-corrected chi connectivity index (χ4v) is 1.97. The third kappa shape index (κ3) is 8.85. The average molecular weight is 262 g/mol. The Morgan fingerprint density at radius 3 is 2.41 bits per heavy atom. The number of amides is 2. The predicted octanol–water partition coefficient (Wildman–Crippen LogP) is 1.68. The zero-order valence-electron chi connectivity index (χ0n) is 10.7. The van der Waals surface area contributed by atoms with E-state index in [0.29, 0.717) is 6.42 Å². The van der Waals surface area contributed by atoms with Crippen LogP contribution in [0.5, 0.6) is 0 Å². The molecule has 2 atom stereocenters. The Bertz CT molecular complexity index is 249. The molecule has 17 heavy (non-hydrogen) atoms. The van der Waals surface area contributed by atoms with E-state index in [2.05, 4.69) is 17.6 Å². The Balaban J connectivity index is 3.93. The number of aliphatic carboxylic acids is 1. The van der Waals surface area contributed by atoms with E-state index >= 15 is 0 Å². The van der Waals surface area contributed by atoms with E-state index in [0.717, 1.165) is 11.5 Å². The molecule has 0 heterocycles. The van der Waals surface area contributed by atoms with Crippen molar-refractivity contribution in [2.75, 3.05) is 11.5 Å². The van der Waals surface area contributed by atoms with Gasteiger partial charge in [0.05, 0.1) is 6.42 Å². The van der Waals surface area contributed by atoms with Crippen LogP contribution in [0, 0.1) is 0 Å². The Kier molecular flexibility index (Phi) is 8.66. The zero-order valence-corrected chi connectivity index (χ0v) is 11.5. The number of carbonyl (C=O) groups excluding carboxylic acids is 1. The van der Waals surface area contributed by atoms with E-state index in [1.807, 2.05) is 13.8 Å². The van der Waals surface area contributed by atoms with Crippen molar-refractivity contribution >= 4 is 23.8 Å². The largest absolute Gasteiger partial charge is 0.481 e. The van der Waals surface area contributed by atoms with Crippen LogP contribution in [0.2, 0.25) is 0 Å². The van der Waals surface area contributed by atoms with E-state index < -0.39 is 5.97 Å². The first-order chi connectivity index (χ1) is 7.99. The van der Waals surface area contributed by atoms with Crippen LogP contribution in [-0.4, -0.2) is 40.7 Å². The summed E-state index contributed by atoms with van der Waals surface area (Å²) in [5.74, 6) is 0.982. The maximum Gasteiger partial charge on any atom is 0.315 e. The van der Waals surface area contributed by atoms with Gasteiger partial charge in [-0.1, -0.05) is 13.8 Å². The highest BCUT2D eigenvalue weighted by atomic mass is 32.2. The van der Waals surface area contributed by atoms with Crippen LogP contribution in [0.4, 0.5) is 4.79 Å². The fourth-order valence-electron chi connectivity index (χ4n) is 1.30. The molecule has 0 aliphatic rings. The first-order valence-electron chi connectivity index (χ1n) is 5.86. The normalized spacial score (nSPS) is 13.8. The quantitative estimate of drug-likeness (QED) is 0.622. The molecule has 100 valence electrons. The van der Waals surface area contributed by atoms with Crippen LogP contribution in [-0.2, 0) is 4.79 Å². The molecule has 3 N–H and O–H groups in total. The maximum absolute atomic E-state index is 11.5. The molecule has 2 unspecified atom stereocenters. The zero-order chi connectivity index (χ0) is 13.3. The van der Waals surface area contributed by atoms with Gasteiger partial charge in [0.2, 0.25) is 0 Å². The van der Waals surface area contributed by atoms with Gasteiger partial charge in [-0.05, 0) is 19.1 Å². The summed E-state index contributed by atoms with van der Waals surface area (Å²) in [7, 11) is 0. The second kappa shape index (κ2) is 9.15. The fraction of sp³-hybridized carbons (Fsp3) is 0.818. The van der Waals surface area contributed by atoms with Crippen molar-refractivity contribution in [3.8, 4) is 0 Å². The molecule has 0 spiro atoms. The highest BCUT2D eigenvalue weighted by Crippen LogP contribution is 2.02. The number of rotatable bonds is 8. The summed E-state index contributed by atoms with van der Waals surface area (Å²) in [6.45, 7) is 5.85. The third-order valence-electron chi connectivity index (χ3n) is 2.20. The first kappa shape index (κ1) is 16.1. The predicted molar refractivity (Wildman–Crippen MR) is 70.5 cm³/mol. The van der Waals surface area contributed by atoms with Crippen LogP contribution >= 0.6 is 11.8 Å². The molecule has 0 rings (SSSR count). The Hall–Kier alpha value is -0.910. The molecule has 0 aliphatic heterocycles. The highest BCUT2D eigenvalue weighted by Gasteiger charge is 2.14. The van der Waals surface area contributed by atoms with Crippen molar-refractivity contribution < 1.29 is 14.7 Å². The van der Waals surface area contributed by atoms with Crippen LogP contribution < -0.4 is 10.6 Å². The minimum Gasteiger partial charge on any atom is -0.481 e. The Labute approximate surface area is 107 Å². The monoisotopic (exact) mass is 262 g/mol. The summed E-state index contributed by atoms with van der Waals surface area (Å²) >= 11 is 1.76. The van der Waals surface area contributed by atoms with Gasteiger partial charge in [0.15, 0.2) is 0 Å². The number of urea groups is 1. The van der Waals surface area contributed by atoms with E-state index in [1.165, 1.54) is 0 Å². The SMILES string of the molecule is CCSCC(C)NC(=O)NC(CC)CC(=O)O. The molecule has 6 heteroatoms. The lowest BCUT2D eigenvalue weighted by atomic mass is 10.1. The molecule has 0 aliphatic carbocycles. The molecule has 2 amide bonds. The molecular formula is C11H22N2O3S. The van der Waals surface area contributed by atoms with Gasteiger partial charge in [-0.15, -0.1) is 0 Å². The Morgan fingerprint density at radius 1 is 1.29 bits per heavy atom. The van der Waals surface area contributed by atoms with Crippen molar-refractivity contribution in [3.63, 3.8) is 0 Å². The van der Waals surface area contributed by atoms with Crippen molar-refractivity contribution in [3.05, 3.63) is 0 Å². The van der Waals surface area contributed by atoms with Crippen molar-refractivity contribution in [1.82, 2.24) is 10.6 Å². The lowest BCUT2D eigenvalue weighted by Crippen LogP contribution is -2.46. The summed E-state index contributed by atoms with van der Waals surface area (Å²) in [6, 6.07) is -0.511. The lowest BCUT2D eigenvalue weighted by molar-refractivity contribution is -0.137. The molecular weight excluding hydrogens is 240 g/mol. The summed E-state index contributed by atoms with van der Waals surface area (Å²) in [5, 5.41) is 14.1. The van der Waals surface area contributed by atoms with Crippen LogP contribution in [0.15, 0.2) is 0 Å². The summed E-state index contributed by atoms with van der Waals surface area (Å²) in [5.41, 5.74) is 0. The molecule has 0 bridgehead atoms. The third-order valence-corrected chi connectivity index (χ3v) is 3.34. The van der Waals surface area contributed by atoms with Gasteiger partial charge < -0.3 is 15.7 Å². The number of thioether (sulfide) groups is 1. The average Bonchev–Trinajstić information content (AvgIpc) is 2.24. The van der Waals surface area contributed by atoms with Gasteiger partial charge in [-0.25, -0.2) is 4.79 Å². The van der Waals surface area contributed by atoms with Crippen molar-refractivity contribution in [1.29, 1.82) is 0 Å². The van der Waals surface area contributed by atoms with Gasteiger partial charge in [-0.3, -0.25) is 4.79 Å². The van der Waals surface area contributed by atoms with Crippen LogP contribution in [0.1, 0.15) is 33.6 Å². The number of carboxylic acid groups (broad SMARTS) is 1. The second-order valence-electron chi connectivity index (χ2n) is 3.88. The number of hydrogen-bond acceptors (Lipinski definition) is 3. The van der Waals surface area contributed by atoms with Gasteiger partial charge in [0.1, 0.15) is 0 Å². The van der Waals surface area contributed by atoms with E-state index in [9.17, 15) is 9.59 Å². The van der Waals surface area contributed by atoms with E-state index in [1.54, 1.807) is 11.8 Å². The summed E-state index contributed by atoms with van der Waals surface area (Å²) in [4.78, 5) is 22.1. The van der Waals surface area contributed by atoms with Gasteiger partial charge in [0, 0.05) is 17.8 Å². The second-order valence-corrected chi connectivity index (χ2v) is 5.20. The smallest absolute Gasteiger partial charge is 0.315 e. The molecule has 0 aromatic heterocycles. The molecule has 0 saturated heterocycles. The van der Waals surface area contributed by atoms with Crippen LogP contribution in [0.25, 0.3) is 0 Å². The van der Waals surface area contributed by atoms with Gasteiger partial charge in [0.25, 0.3) is 0 Å². The van der Waals surface area contributed by atoms with Crippen LogP contribution in [0.3, 0.4) is 0 Å². The summed E-state index contributed by atoms with van der Waals surface area (Å²) < 4.78 is 0. The minimum absolute atomic E-state index is 0.0397. The number of carboxylic acids is 1.